The molecule has 0 aromatic rings. The van der Waals surface area contributed by atoms with Crippen LogP contribution in [-0.4, -0.2) is 36.6 Å². The molecule has 0 bridgehead atoms. The van der Waals surface area contributed by atoms with Gasteiger partial charge in [0.1, 0.15) is 0 Å². The zero-order chi connectivity index (χ0) is 14.3. The van der Waals surface area contributed by atoms with Crippen molar-refractivity contribution in [1.82, 2.24) is 10.2 Å². The summed E-state index contributed by atoms with van der Waals surface area (Å²) < 4.78 is 0. The average molecular weight is 278 g/mol. The van der Waals surface area contributed by atoms with Gasteiger partial charge in [-0.05, 0) is 48.9 Å². The first-order chi connectivity index (χ1) is 9.55. The third-order valence-electron chi connectivity index (χ3n) is 6.44. The van der Waals surface area contributed by atoms with E-state index in [1.165, 1.54) is 51.7 Å². The fourth-order valence-electron chi connectivity index (χ4n) is 4.31. The molecule has 0 amide bonds. The fraction of sp³-hybridized carbons (Fsp3) is 1.00. The minimum atomic E-state index is 0.713. The highest BCUT2D eigenvalue weighted by Crippen LogP contribution is 2.61. The van der Waals surface area contributed by atoms with Gasteiger partial charge in [0.15, 0.2) is 0 Å². The van der Waals surface area contributed by atoms with Crippen LogP contribution in [-0.2, 0) is 0 Å². The molecule has 2 nitrogen and oxygen atoms in total. The van der Waals surface area contributed by atoms with Gasteiger partial charge in [0, 0.05) is 31.7 Å². The molecule has 1 aliphatic heterocycles. The molecule has 3 unspecified atom stereocenters. The standard InChI is InChI=1S/C18H34N2/c1-5-14(4)16-11-20(17(10-19-16)13(2)3)12-18(8-9-18)15-6-7-15/h13-17,19H,5-12H2,1-4H3. The molecule has 0 spiro atoms. The maximum absolute atomic E-state index is 3.84. The highest BCUT2D eigenvalue weighted by atomic mass is 15.2. The molecule has 0 aromatic heterocycles. The molecule has 116 valence electrons. The normalized spacial score (nSPS) is 35.2. The topological polar surface area (TPSA) is 15.3 Å². The number of hydrogen-bond acceptors (Lipinski definition) is 2. The van der Waals surface area contributed by atoms with E-state index in [9.17, 15) is 0 Å². The number of nitrogens with zero attached hydrogens (tertiary/aromatic N) is 1. The van der Waals surface area contributed by atoms with Gasteiger partial charge < -0.3 is 5.32 Å². The molecule has 3 fully saturated rings. The SMILES string of the molecule is CCC(C)C1CN(CC2(C3CC3)CC2)C(C(C)C)CN1. The zero-order valence-corrected chi connectivity index (χ0v) is 14.0. The zero-order valence-electron chi connectivity index (χ0n) is 14.0. The van der Waals surface area contributed by atoms with Crippen molar-refractivity contribution in [2.24, 2.45) is 23.2 Å². The van der Waals surface area contributed by atoms with Crippen molar-refractivity contribution in [3.8, 4) is 0 Å². The molecule has 2 heteroatoms. The lowest BCUT2D eigenvalue weighted by atomic mass is 9.90. The average Bonchev–Trinajstić information content (AvgIpc) is 3.29. The molecular formula is C18H34N2. The van der Waals surface area contributed by atoms with E-state index in [1.807, 2.05) is 0 Å². The molecule has 2 aliphatic carbocycles. The fourth-order valence-corrected chi connectivity index (χ4v) is 4.31. The summed E-state index contributed by atoms with van der Waals surface area (Å²) in [5.41, 5.74) is 0.754. The van der Waals surface area contributed by atoms with Crippen LogP contribution in [0.5, 0.6) is 0 Å². The van der Waals surface area contributed by atoms with Crippen LogP contribution in [0.15, 0.2) is 0 Å². The van der Waals surface area contributed by atoms with Gasteiger partial charge in [-0.25, -0.2) is 0 Å². The van der Waals surface area contributed by atoms with E-state index >= 15 is 0 Å². The molecule has 1 saturated heterocycles. The molecular weight excluding hydrogens is 244 g/mol. The van der Waals surface area contributed by atoms with Crippen molar-refractivity contribution < 1.29 is 0 Å². The summed E-state index contributed by atoms with van der Waals surface area (Å²) in [6, 6.07) is 1.47. The van der Waals surface area contributed by atoms with Crippen molar-refractivity contribution in [2.45, 2.75) is 71.9 Å². The van der Waals surface area contributed by atoms with Crippen LogP contribution in [0.25, 0.3) is 0 Å². The summed E-state index contributed by atoms with van der Waals surface area (Å²) >= 11 is 0. The van der Waals surface area contributed by atoms with E-state index in [0.717, 1.165) is 29.2 Å². The maximum Gasteiger partial charge on any atom is 0.0244 e. The van der Waals surface area contributed by atoms with Crippen LogP contribution < -0.4 is 5.32 Å². The Labute approximate surface area is 125 Å². The van der Waals surface area contributed by atoms with Crippen molar-refractivity contribution in [3.63, 3.8) is 0 Å². The third-order valence-corrected chi connectivity index (χ3v) is 6.44. The highest BCUT2D eigenvalue weighted by molar-refractivity contribution is 5.07. The second kappa shape index (κ2) is 5.61. The van der Waals surface area contributed by atoms with Crippen LogP contribution in [0.3, 0.4) is 0 Å². The molecule has 3 rings (SSSR count). The van der Waals surface area contributed by atoms with E-state index in [2.05, 4.69) is 37.9 Å². The van der Waals surface area contributed by atoms with Gasteiger partial charge in [-0.3, -0.25) is 4.90 Å². The van der Waals surface area contributed by atoms with Gasteiger partial charge in [0.2, 0.25) is 0 Å². The summed E-state index contributed by atoms with van der Waals surface area (Å²) in [6.07, 6.45) is 7.37. The number of piperazine rings is 1. The number of hydrogen-bond donors (Lipinski definition) is 1. The second-order valence-electron chi connectivity index (χ2n) is 8.28. The Bertz CT molecular complexity index is 330. The molecule has 2 saturated carbocycles. The van der Waals surface area contributed by atoms with Gasteiger partial charge in [0.25, 0.3) is 0 Å². The first-order valence-corrected chi connectivity index (χ1v) is 9.03. The Morgan fingerprint density at radius 2 is 1.90 bits per heavy atom. The summed E-state index contributed by atoms with van der Waals surface area (Å²) in [7, 11) is 0. The maximum atomic E-state index is 3.84. The third kappa shape index (κ3) is 2.92. The van der Waals surface area contributed by atoms with E-state index in [0.29, 0.717) is 6.04 Å². The van der Waals surface area contributed by atoms with Gasteiger partial charge in [-0.1, -0.05) is 34.1 Å². The van der Waals surface area contributed by atoms with Crippen molar-refractivity contribution in [2.75, 3.05) is 19.6 Å². The monoisotopic (exact) mass is 278 g/mol. The van der Waals surface area contributed by atoms with E-state index in [1.54, 1.807) is 0 Å². The lowest BCUT2D eigenvalue weighted by molar-refractivity contribution is 0.0585. The lowest BCUT2D eigenvalue weighted by Gasteiger charge is -2.45. The van der Waals surface area contributed by atoms with Crippen LogP contribution in [0, 0.1) is 23.2 Å². The lowest BCUT2D eigenvalue weighted by Crippen LogP contribution is -2.60. The molecule has 0 radical (unpaired) electrons. The van der Waals surface area contributed by atoms with Crippen LogP contribution in [0.2, 0.25) is 0 Å². The summed E-state index contributed by atoms with van der Waals surface area (Å²) in [4.78, 5) is 2.88. The van der Waals surface area contributed by atoms with Gasteiger partial charge in [0.05, 0.1) is 0 Å². The summed E-state index contributed by atoms with van der Waals surface area (Å²) in [6.45, 7) is 13.4. The molecule has 3 aliphatic rings. The van der Waals surface area contributed by atoms with E-state index in [4.69, 9.17) is 0 Å². The first-order valence-electron chi connectivity index (χ1n) is 9.03. The van der Waals surface area contributed by atoms with Crippen molar-refractivity contribution in [1.29, 1.82) is 0 Å². The number of rotatable bonds is 6. The Balaban J connectivity index is 1.65. The molecule has 20 heavy (non-hydrogen) atoms. The van der Waals surface area contributed by atoms with E-state index in [-0.39, 0.29) is 0 Å². The number of nitrogens with one attached hydrogen (secondary N) is 1. The van der Waals surface area contributed by atoms with Gasteiger partial charge in [-0.15, -0.1) is 0 Å². The van der Waals surface area contributed by atoms with Crippen LogP contribution >= 0.6 is 0 Å². The van der Waals surface area contributed by atoms with Crippen LogP contribution in [0.4, 0.5) is 0 Å². The smallest absolute Gasteiger partial charge is 0.0244 e. The van der Waals surface area contributed by atoms with Crippen molar-refractivity contribution in [3.05, 3.63) is 0 Å². The largest absolute Gasteiger partial charge is 0.311 e. The van der Waals surface area contributed by atoms with Gasteiger partial charge >= 0.3 is 0 Å². The molecule has 1 N–H and O–H groups in total. The Morgan fingerprint density at radius 1 is 1.20 bits per heavy atom. The quantitative estimate of drug-likeness (QED) is 0.800. The van der Waals surface area contributed by atoms with Gasteiger partial charge in [-0.2, -0.15) is 0 Å². The predicted molar refractivity (Wildman–Crippen MR) is 85.8 cm³/mol. The minimum Gasteiger partial charge on any atom is -0.311 e. The first kappa shape index (κ1) is 14.8. The molecule has 0 aromatic carbocycles. The van der Waals surface area contributed by atoms with Crippen LogP contribution in [0.1, 0.15) is 59.8 Å². The second-order valence-corrected chi connectivity index (χ2v) is 8.28. The molecule has 3 atom stereocenters. The van der Waals surface area contributed by atoms with Crippen molar-refractivity contribution >= 4 is 0 Å². The Kier molecular flexibility index (Phi) is 4.16. The van der Waals surface area contributed by atoms with E-state index < -0.39 is 0 Å². The summed E-state index contributed by atoms with van der Waals surface area (Å²) in [5.74, 6) is 2.67. The predicted octanol–water partition coefficient (Wildman–Crippen LogP) is 3.52. The minimum absolute atomic E-state index is 0.713. The summed E-state index contributed by atoms with van der Waals surface area (Å²) in [5, 5.41) is 3.84. The highest BCUT2D eigenvalue weighted by Gasteiger charge is 2.55. The Hall–Kier alpha value is -0.0800. The Morgan fingerprint density at radius 3 is 2.40 bits per heavy atom. The molecule has 1 heterocycles.